The second-order valence-corrected chi connectivity index (χ2v) is 14.0. The number of phenols is 1. The van der Waals surface area contributed by atoms with Gasteiger partial charge in [0.05, 0.1) is 28.6 Å². The van der Waals surface area contributed by atoms with Gasteiger partial charge in [0, 0.05) is 41.6 Å². The molecule has 4 aromatic rings. The van der Waals surface area contributed by atoms with Gasteiger partial charge in [-0.05, 0) is 68.7 Å². The van der Waals surface area contributed by atoms with Crippen molar-refractivity contribution in [2.75, 3.05) is 31.1 Å². The Morgan fingerprint density at radius 2 is 1.96 bits per heavy atom. The number of aromatic hydroxyl groups is 1. The van der Waals surface area contributed by atoms with Crippen LogP contribution in [0.4, 0.5) is 27.8 Å². The van der Waals surface area contributed by atoms with Crippen molar-refractivity contribution in [1.82, 2.24) is 20.2 Å². The van der Waals surface area contributed by atoms with E-state index in [0.717, 1.165) is 25.5 Å². The van der Waals surface area contributed by atoms with E-state index in [2.05, 4.69) is 21.1 Å². The van der Waals surface area contributed by atoms with E-state index < -0.39 is 40.5 Å². The van der Waals surface area contributed by atoms with Crippen LogP contribution in [-0.4, -0.2) is 75.8 Å². The fourth-order valence-corrected chi connectivity index (χ4v) is 9.26. The number of ether oxygens (including phenoxy) is 1. The van der Waals surface area contributed by atoms with Gasteiger partial charge in [0.1, 0.15) is 41.5 Å². The van der Waals surface area contributed by atoms with Gasteiger partial charge in [0.25, 0.3) is 0 Å². The van der Waals surface area contributed by atoms with Crippen molar-refractivity contribution in [3.8, 4) is 35.2 Å². The minimum atomic E-state index is -1.69. The van der Waals surface area contributed by atoms with Gasteiger partial charge < -0.3 is 14.7 Å². The smallest absolute Gasteiger partial charge is 0.319 e. The van der Waals surface area contributed by atoms with Crippen molar-refractivity contribution < 1.29 is 31.8 Å². The molecule has 3 aromatic carbocycles. The average Bonchev–Trinajstić information content (AvgIpc) is 3.65. The fourth-order valence-electron chi connectivity index (χ4n) is 9.26. The van der Waals surface area contributed by atoms with Gasteiger partial charge in [-0.2, -0.15) is 9.97 Å². The average molecular weight is 662 g/mol. The van der Waals surface area contributed by atoms with Crippen LogP contribution < -0.4 is 15.0 Å². The molecule has 0 spiro atoms. The van der Waals surface area contributed by atoms with Gasteiger partial charge in [-0.3, -0.25) is 10.2 Å². The molecule has 5 atom stereocenters. The third-order valence-corrected chi connectivity index (χ3v) is 11.3. The minimum absolute atomic E-state index is 0.0692. The summed E-state index contributed by atoms with van der Waals surface area (Å²) in [4.78, 5) is 13.1. The topological polar surface area (TPSA) is 73.8 Å². The zero-order valence-electron chi connectivity index (χ0n) is 25.9. The van der Waals surface area contributed by atoms with Crippen LogP contribution in [0.15, 0.2) is 24.3 Å². The van der Waals surface area contributed by atoms with Crippen molar-refractivity contribution in [2.24, 2.45) is 0 Å². The predicted molar refractivity (Wildman–Crippen MR) is 170 cm³/mol. The summed E-state index contributed by atoms with van der Waals surface area (Å²) in [5.74, 6) is -2.24. The number of alkyl halides is 2. The van der Waals surface area contributed by atoms with Gasteiger partial charge in [0.2, 0.25) is 0 Å². The number of phenolic OH excluding ortho intramolecular Hbond substituents is 1. The Hall–Kier alpha value is -4.21. The van der Waals surface area contributed by atoms with E-state index in [-0.39, 0.29) is 82.2 Å². The summed E-state index contributed by atoms with van der Waals surface area (Å²) < 4.78 is 85.8. The highest BCUT2D eigenvalue weighted by atomic mass is 19.2. The molecule has 2 bridgehead atoms. The van der Waals surface area contributed by atoms with Crippen molar-refractivity contribution in [2.45, 2.75) is 74.5 Å². The maximum absolute atomic E-state index is 17.1. The number of hydrogen-bond acceptors (Lipinski definition) is 7. The molecule has 5 aliphatic rings. The Kier molecular flexibility index (Phi) is 6.47. The third kappa shape index (κ3) is 4.26. The summed E-state index contributed by atoms with van der Waals surface area (Å²) in [5.41, 5.74) is -1.50. The van der Waals surface area contributed by atoms with E-state index in [1.807, 2.05) is 0 Å². The summed E-state index contributed by atoms with van der Waals surface area (Å²) >= 11 is 0. The van der Waals surface area contributed by atoms with Crippen LogP contribution in [0.2, 0.25) is 0 Å². The first-order valence-corrected chi connectivity index (χ1v) is 16.5. The molecule has 0 unspecified atom stereocenters. The Balaban J connectivity index is 1.28. The quantitative estimate of drug-likeness (QED) is 0.157. The summed E-state index contributed by atoms with van der Waals surface area (Å²) in [6.45, 7) is 1.06. The molecule has 7 nitrogen and oxygen atoms in total. The Morgan fingerprint density at radius 3 is 2.79 bits per heavy atom. The van der Waals surface area contributed by atoms with Crippen molar-refractivity contribution >= 4 is 27.5 Å². The number of terminal acetylenes is 1. The molecular formula is C36H32F5N5O2. The molecule has 0 radical (unpaired) electrons. The van der Waals surface area contributed by atoms with E-state index >= 15 is 13.2 Å². The van der Waals surface area contributed by atoms with Crippen molar-refractivity contribution in [1.29, 1.82) is 0 Å². The van der Waals surface area contributed by atoms with E-state index in [4.69, 9.17) is 16.1 Å². The van der Waals surface area contributed by atoms with Gasteiger partial charge in [-0.1, -0.05) is 12.0 Å². The second kappa shape index (κ2) is 10.4. The summed E-state index contributed by atoms with van der Waals surface area (Å²) in [6.07, 6.45) is 8.06. The molecule has 1 aromatic heterocycles. The summed E-state index contributed by atoms with van der Waals surface area (Å²) in [6, 6.07) is 4.36. The number of halogens is 5. The van der Waals surface area contributed by atoms with Gasteiger partial charge in [-0.25, -0.2) is 22.0 Å². The lowest BCUT2D eigenvalue weighted by Gasteiger charge is -2.43. The van der Waals surface area contributed by atoms with Crippen LogP contribution in [0.3, 0.4) is 0 Å². The fraction of sp³-hybridized carbons (Fsp3) is 0.444. The first-order valence-electron chi connectivity index (χ1n) is 16.5. The maximum Gasteiger partial charge on any atom is 0.319 e. The zero-order valence-corrected chi connectivity index (χ0v) is 25.9. The molecule has 2 N–H and O–H groups in total. The Morgan fingerprint density at radius 1 is 1.10 bits per heavy atom. The monoisotopic (exact) mass is 661 g/mol. The van der Waals surface area contributed by atoms with E-state index in [1.165, 1.54) is 18.2 Å². The first kappa shape index (κ1) is 29.9. The number of nitrogens with one attached hydrogen (secondary N) is 1. The van der Waals surface area contributed by atoms with E-state index in [9.17, 15) is 13.9 Å². The molecule has 248 valence electrons. The number of benzene rings is 3. The largest absolute Gasteiger partial charge is 0.508 e. The molecule has 0 aliphatic carbocycles. The highest BCUT2D eigenvalue weighted by Crippen LogP contribution is 2.48. The van der Waals surface area contributed by atoms with Crippen molar-refractivity contribution in [3.63, 3.8) is 0 Å². The lowest BCUT2D eigenvalue weighted by atomic mass is 9.90. The Bertz CT molecular complexity index is 2090. The van der Waals surface area contributed by atoms with Crippen molar-refractivity contribution in [3.05, 3.63) is 52.8 Å². The highest BCUT2D eigenvalue weighted by Gasteiger charge is 2.52. The molecule has 0 amide bonds. The second-order valence-electron chi connectivity index (χ2n) is 14.0. The number of nitrogens with zero attached hydrogens (tertiary/aromatic N) is 4. The molecule has 48 heavy (non-hydrogen) atoms. The van der Waals surface area contributed by atoms with Gasteiger partial charge in [0.15, 0.2) is 11.6 Å². The third-order valence-electron chi connectivity index (χ3n) is 11.3. The minimum Gasteiger partial charge on any atom is -0.508 e. The lowest BCUT2D eigenvalue weighted by Crippen LogP contribution is -2.62. The lowest BCUT2D eigenvalue weighted by molar-refractivity contribution is 0.106. The maximum atomic E-state index is 17.1. The van der Waals surface area contributed by atoms with Gasteiger partial charge in [-0.15, -0.1) is 6.42 Å². The zero-order chi connectivity index (χ0) is 33.1. The number of hydrogen-bond donors (Lipinski definition) is 2. The molecule has 4 fully saturated rings. The highest BCUT2D eigenvalue weighted by molar-refractivity contribution is 6.05. The van der Waals surface area contributed by atoms with Crippen LogP contribution in [0, 0.1) is 29.8 Å². The normalized spacial score (nSPS) is 29.2. The van der Waals surface area contributed by atoms with Gasteiger partial charge >= 0.3 is 6.01 Å². The van der Waals surface area contributed by atoms with Crippen LogP contribution in [0.5, 0.6) is 11.8 Å². The molecule has 6 heterocycles. The number of piperazine rings is 1. The molecule has 5 aliphatic heterocycles. The summed E-state index contributed by atoms with van der Waals surface area (Å²) in [7, 11) is 0. The van der Waals surface area contributed by atoms with Crippen LogP contribution in [0.25, 0.3) is 32.8 Å². The summed E-state index contributed by atoms with van der Waals surface area (Å²) in [5, 5.41) is 14.2. The molecule has 12 heteroatoms. The van der Waals surface area contributed by atoms with Crippen LogP contribution in [0.1, 0.15) is 49.7 Å². The van der Waals surface area contributed by atoms with E-state index in [0.29, 0.717) is 37.6 Å². The number of aromatic nitrogens is 2. The van der Waals surface area contributed by atoms with Crippen LogP contribution in [-0.2, 0) is 6.42 Å². The molecular weight excluding hydrogens is 629 g/mol. The van der Waals surface area contributed by atoms with E-state index in [1.54, 1.807) is 4.90 Å². The number of fused-ring (bicyclic) bond motifs is 7. The number of aryl methyl sites for hydroxylation is 1. The first-order chi connectivity index (χ1) is 23.1. The molecule has 9 rings (SSSR count). The molecule has 4 saturated heterocycles. The molecule has 0 saturated carbocycles. The Labute approximate surface area is 273 Å². The SMILES string of the molecule is C#Cc1c(F)ccc2cc(O)cc(-c3c(F)c4c5c(nc(OC[C@@]67CCCN6C[C@H](F)C7)nc5c3F)N3C[C@@]5(F)CC[C@H](N5)[C@H]3CC4)c12. The standard InChI is InChI=1S/C36H32F5N5O2/c1-2-21-24(38)6-4-18-12-20(47)13-23(27(18)21)28-30(39)22-5-7-26-25-8-10-36(41,44-25)16-46(26)33-29(22)32(31(28)40)42-34(43-33)48-17-35-9-3-11-45(35)15-19(37)14-35/h1,4,6,12-13,19,25-26,44,47H,3,5,7-11,14-17H2/t19-,25+,26-,35+,36-/m1/s1. The predicted octanol–water partition coefficient (Wildman–Crippen LogP) is 6.06. The number of rotatable bonds is 4. The van der Waals surface area contributed by atoms with Crippen LogP contribution >= 0.6 is 0 Å². The number of anilines is 1.